The Kier molecular flexibility index (Phi) is 6.08. The number of anilines is 2. The molecule has 25 heavy (non-hydrogen) atoms. The maximum atomic E-state index is 12.2. The Hall–Kier alpha value is -2.92. The average molecular weight is 338 g/mol. The summed E-state index contributed by atoms with van der Waals surface area (Å²) in [6, 6.07) is 14.1. The molecule has 2 rings (SSSR count). The predicted octanol–water partition coefficient (Wildman–Crippen LogP) is 3.78. The van der Waals surface area contributed by atoms with E-state index in [0.717, 1.165) is 11.3 Å². The van der Waals surface area contributed by atoms with E-state index in [1.54, 1.807) is 37.3 Å². The molecule has 130 valence electrons. The molecule has 0 aliphatic heterocycles. The third kappa shape index (κ3) is 4.78. The molecule has 0 radical (unpaired) electrons. The first-order chi connectivity index (χ1) is 11.9. The monoisotopic (exact) mass is 338 g/mol. The summed E-state index contributed by atoms with van der Waals surface area (Å²) in [5.41, 5.74) is 2.86. The molecule has 0 saturated heterocycles. The fourth-order valence-corrected chi connectivity index (χ4v) is 2.21. The number of carbonyl (C=O) groups is 2. The van der Waals surface area contributed by atoms with E-state index in [0.29, 0.717) is 16.3 Å². The van der Waals surface area contributed by atoms with Crippen molar-refractivity contribution < 1.29 is 14.8 Å². The molecule has 0 heterocycles. The second-order valence-corrected chi connectivity index (χ2v) is 5.79. The van der Waals surface area contributed by atoms with Crippen LogP contribution in [-0.2, 0) is 4.79 Å². The molecule has 0 fully saturated rings. The summed E-state index contributed by atoms with van der Waals surface area (Å²) in [6.45, 7) is 1.67. The van der Waals surface area contributed by atoms with Gasteiger partial charge in [-0.1, -0.05) is 25.1 Å². The number of hydroxylamine groups is 1. The maximum Gasteiger partial charge on any atom is 0.250 e. The Morgan fingerprint density at radius 2 is 1.52 bits per heavy atom. The van der Waals surface area contributed by atoms with Crippen LogP contribution in [0.4, 0.5) is 11.4 Å². The molecule has 2 aromatic rings. The molecule has 0 spiro atoms. The number of nitrogens with zero attached hydrogens (tertiary/aromatic N) is 2. The molecular formula is C20H22N2O3. The molecule has 5 heteroatoms. The zero-order valence-electron chi connectivity index (χ0n) is 14.6. The van der Waals surface area contributed by atoms with E-state index in [1.165, 1.54) is 6.08 Å². The summed E-state index contributed by atoms with van der Waals surface area (Å²) in [5, 5.41) is 10.3. The minimum absolute atomic E-state index is 0.144. The van der Waals surface area contributed by atoms with E-state index in [1.807, 2.05) is 43.3 Å². The fourth-order valence-electron chi connectivity index (χ4n) is 2.21. The minimum atomic E-state index is -0.403. The maximum absolute atomic E-state index is 12.2. The van der Waals surface area contributed by atoms with Crippen molar-refractivity contribution in [2.45, 2.75) is 13.3 Å². The topological polar surface area (TPSA) is 60.9 Å². The van der Waals surface area contributed by atoms with Crippen LogP contribution in [0, 0.1) is 0 Å². The van der Waals surface area contributed by atoms with E-state index in [2.05, 4.69) is 0 Å². The highest BCUT2D eigenvalue weighted by Crippen LogP contribution is 2.16. The lowest BCUT2D eigenvalue weighted by Crippen LogP contribution is -2.25. The third-order valence-corrected chi connectivity index (χ3v) is 3.77. The van der Waals surface area contributed by atoms with Crippen molar-refractivity contribution in [1.29, 1.82) is 0 Å². The number of rotatable bonds is 6. The van der Waals surface area contributed by atoms with Gasteiger partial charge >= 0.3 is 0 Å². The average Bonchev–Trinajstić information content (AvgIpc) is 2.65. The number of ketones is 1. The SMILES string of the molecule is CCC(=O)N(O)c1ccc(C(=O)C=Cc2ccc(N(C)C)cc2)cc1. The summed E-state index contributed by atoms with van der Waals surface area (Å²) >= 11 is 0. The zero-order chi connectivity index (χ0) is 18.4. The predicted molar refractivity (Wildman–Crippen MR) is 100 cm³/mol. The first kappa shape index (κ1) is 18.4. The fraction of sp³-hybridized carbons (Fsp3) is 0.200. The summed E-state index contributed by atoms with van der Waals surface area (Å²) in [6.07, 6.45) is 3.47. The van der Waals surface area contributed by atoms with Crippen LogP contribution in [0.1, 0.15) is 29.3 Å². The molecule has 0 atom stereocenters. The molecule has 2 aromatic carbocycles. The molecule has 0 aliphatic carbocycles. The highest BCUT2D eigenvalue weighted by Gasteiger charge is 2.11. The summed E-state index contributed by atoms with van der Waals surface area (Å²) in [4.78, 5) is 25.7. The van der Waals surface area contributed by atoms with Crippen molar-refractivity contribution >= 4 is 29.1 Å². The van der Waals surface area contributed by atoms with Crippen LogP contribution in [0.2, 0.25) is 0 Å². The number of benzene rings is 2. The van der Waals surface area contributed by atoms with Gasteiger partial charge in [-0.25, -0.2) is 0 Å². The minimum Gasteiger partial charge on any atom is -0.378 e. The standard InChI is InChI=1S/C20H22N2O3/c1-4-20(24)22(25)18-12-8-16(9-13-18)19(23)14-7-15-5-10-17(11-6-15)21(2)3/h5-14,25H,4H2,1-3H3. The summed E-state index contributed by atoms with van der Waals surface area (Å²) in [7, 11) is 3.94. The van der Waals surface area contributed by atoms with Gasteiger partial charge in [0.2, 0.25) is 5.91 Å². The quantitative estimate of drug-likeness (QED) is 0.377. The van der Waals surface area contributed by atoms with Crippen molar-refractivity contribution in [3.8, 4) is 0 Å². The van der Waals surface area contributed by atoms with Crippen LogP contribution in [-0.4, -0.2) is 31.0 Å². The molecule has 1 N–H and O–H groups in total. The molecule has 0 aromatic heterocycles. The van der Waals surface area contributed by atoms with Gasteiger partial charge in [0.05, 0.1) is 5.69 Å². The van der Waals surface area contributed by atoms with Gasteiger partial charge < -0.3 is 4.90 Å². The first-order valence-corrected chi connectivity index (χ1v) is 8.04. The van der Waals surface area contributed by atoms with Crippen LogP contribution in [0.15, 0.2) is 54.6 Å². The van der Waals surface area contributed by atoms with Crippen molar-refractivity contribution in [2.24, 2.45) is 0 Å². The van der Waals surface area contributed by atoms with Gasteiger partial charge in [-0.05, 0) is 48.0 Å². The highest BCUT2D eigenvalue weighted by atomic mass is 16.5. The van der Waals surface area contributed by atoms with Crippen LogP contribution in [0.3, 0.4) is 0 Å². The zero-order valence-corrected chi connectivity index (χ0v) is 14.6. The molecular weight excluding hydrogens is 316 g/mol. The highest BCUT2D eigenvalue weighted by molar-refractivity contribution is 6.07. The van der Waals surface area contributed by atoms with Gasteiger partial charge in [-0.2, -0.15) is 5.06 Å². The molecule has 1 amide bonds. The van der Waals surface area contributed by atoms with Gasteiger partial charge in [0, 0.05) is 31.8 Å². The molecule has 0 bridgehead atoms. The van der Waals surface area contributed by atoms with Crippen molar-refractivity contribution in [1.82, 2.24) is 0 Å². The van der Waals surface area contributed by atoms with E-state index in [9.17, 15) is 14.8 Å². The van der Waals surface area contributed by atoms with E-state index in [-0.39, 0.29) is 12.2 Å². The number of amides is 1. The normalized spacial score (nSPS) is 10.7. The number of carbonyl (C=O) groups excluding carboxylic acids is 2. The van der Waals surface area contributed by atoms with Gasteiger partial charge in [0.25, 0.3) is 0 Å². The van der Waals surface area contributed by atoms with Crippen LogP contribution in [0.5, 0.6) is 0 Å². The molecule has 0 aliphatic rings. The van der Waals surface area contributed by atoms with E-state index < -0.39 is 5.91 Å². The first-order valence-electron chi connectivity index (χ1n) is 8.04. The largest absolute Gasteiger partial charge is 0.378 e. The van der Waals surface area contributed by atoms with Gasteiger partial charge in [-0.15, -0.1) is 0 Å². The lowest BCUT2D eigenvalue weighted by Gasteiger charge is -2.13. The van der Waals surface area contributed by atoms with Crippen molar-refractivity contribution in [3.63, 3.8) is 0 Å². The van der Waals surface area contributed by atoms with E-state index in [4.69, 9.17) is 0 Å². The van der Waals surface area contributed by atoms with Crippen LogP contribution >= 0.6 is 0 Å². The summed E-state index contributed by atoms with van der Waals surface area (Å²) < 4.78 is 0. The molecule has 0 saturated carbocycles. The Morgan fingerprint density at radius 1 is 0.960 bits per heavy atom. The number of allylic oxidation sites excluding steroid dienone is 1. The third-order valence-electron chi connectivity index (χ3n) is 3.77. The van der Waals surface area contributed by atoms with Crippen LogP contribution < -0.4 is 9.96 Å². The Labute approximate surface area is 147 Å². The molecule has 5 nitrogen and oxygen atoms in total. The van der Waals surface area contributed by atoms with Crippen molar-refractivity contribution in [3.05, 3.63) is 65.7 Å². The van der Waals surface area contributed by atoms with Crippen LogP contribution in [0.25, 0.3) is 6.08 Å². The second kappa shape index (κ2) is 8.26. The number of hydrogen-bond acceptors (Lipinski definition) is 4. The lowest BCUT2D eigenvalue weighted by molar-refractivity contribution is -0.123. The van der Waals surface area contributed by atoms with Gasteiger partial charge in [0.1, 0.15) is 0 Å². The number of hydrogen-bond donors (Lipinski definition) is 1. The Balaban J connectivity index is 2.06. The van der Waals surface area contributed by atoms with Gasteiger partial charge in [0.15, 0.2) is 5.78 Å². The Morgan fingerprint density at radius 3 is 2.04 bits per heavy atom. The second-order valence-electron chi connectivity index (χ2n) is 5.79. The smallest absolute Gasteiger partial charge is 0.250 e. The summed E-state index contributed by atoms with van der Waals surface area (Å²) in [5.74, 6) is -0.547. The van der Waals surface area contributed by atoms with Gasteiger partial charge in [-0.3, -0.25) is 14.8 Å². The molecule has 0 unspecified atom stereocenters. The Bertz CT molecular complexity index is 763. The van der Waals surface area contributed by atoms with Crippen molar-refractivity contribution in [2.75, 3.05) is 24.1 Å². The lowest BCUT2D eigenvalue weighted by atomic mass is 10.1. The van der Waals surface area contributed by atoms with E-state index >= 15 is 0 Å².